The highest BCUT2D eigenvalue weighted by molar-refractivity contribution is 5.84. The zero-order chi connectivity index (χ0) is 17.8. The fraction of sp³-hybridized carbons (Fsp3) is 0.333. The monoisotopic (exact) mass is 351 g/mol. The zero-order valence-electron chi connectivity index (χ0n) is 14.4. The minimum absolute atomic E-state index is 0.00342. The smallest absolute Gasteiger partial charge is 0.248 e. The van der Waals surface area contributed by atoms with Crippen molar-refractivity contribution < 1.29 is 4.79 Å². The number of piperidine rings is 1. The van der Waals surface area contributed by atoms with Gasteiger partial charge in [0.1, 0.15) is 17.7 Å². The molecular weight excluding hydrogens is 330 g/mol. The molecule has 134 valence electrons. The van der Waals surface area contributed by atoms with Crippen molar-refractivity contribution >= 4 is 5.91 Å². The Morgan fingerprint density at radius 1 is 1.23 bits per heavy atom. The molecule has 0 bridgehead atoms. The largest absolute Gasteiger partial charge is 0.350 e. The van der Waals surface area contributed by atoms with Gasteiger partial charge in [0.05, 0.1) is 0 Å². The summed E-state index contributed by atoms with van der Waals surface area (Å²) >= 11 is 0. The fourth-order valence-corrected chi connectivity index (χ4v) is 3.38. The molecule has 0 unspecified atom stereocenters. The predicted molar refractivity (Wildman–Crippen MR) is 95.5 cm³/mol. The second-order valence-electron chi connectivity index (χ2n) is 6.41. The maximum absolute atomic E-state index is 13.1. The van der Waals surface area contributed by atoms with E-state index in [1.54, 1.807) is 29.6 Å². The highest BCUT2D eigenvalue weighted by Crippen LogP contribution is 2.27. The van der Waals surface area contributed by atoms with Crippen molar-refractivity contribution in [1.29, 1.82) is 0 Å². The first-order valence-corrected chi connectivity index (χ1v) is 8.70. The summed E-state index contributed by atoms with van der Waals surface area (Å²) < 4.78 is 3.63. The van der Waals surface area contributed by atoms with E-state index in [1.165, 1.54) is 0 Å². The summed E-state index contributed by atoms with van der Waals surface area (Å²) in [6.45, 7) is 2.04. The molecule has 26 heavy (non-hydrogen) atoms. The van der Waals surface area contributed by atoms with E-state index in [2.05, 4.69) is 25.7 Å². The van der Waals surface area contributed by atoms with Crippen LogP contribution in [0, 0.1) is 0 Å². The van der Waals surface area contributed by atoms with Gasteiger partial charge < -0.3 is 10.6 Å². The topological polar surface area (TPSA) is 89.7 Å². The molecule has 8 heteroatoms. The molecule has 3 aromatic rings. The summed E-state index contributed by atoms with van der Waals surface area (Å²) in [7, 11) is 0. The summed E-state index contributed by atoms with van der Waals surface area (Å²) in [6, 6.07) is 5.71. The number of hydrogen-bond acceptors (Lipinski definition) is 5. The second-order valence-corrected chi connectivity index (χ2v) is 6.41. The first-order chi connectivity index (χ1) is 12.8. The van der Waals surface area contributed by atoms with E-state index in [9.17, 15) is 4.79 Å². The van der Waals surface area contributed by atoms with Gasteiger partial charge >= 0.3 is 0 Å². The summed E-state index contributed by atoms with van der Waals surface area (Å²) in [5.74, 6) is 0.779. The van der Waals surface area contributed by atoms with Crippen molar-refractivity contribution in [3.8, 4) is 5.82 Å². The Hall–Kier alpha value is -3.00. The summed E-state index contributed by atoms with van der Waals surface area (Å²) in [6.07, 6.45) is 12.0. The first kappa shape index (κ1) is 16.5. The molecule has 0 atom stereocenters. The van der Waals surface area contributed by atoms with E-state index in [-0.39, 0.29) is 5.91 Å². The number of rotatable bonds is 5. The van der Waals surface area contributed by atoms with Gasteiger partial charge in [0.15, 0.2) is 0 Å². The second kappa shape index (κ2) is 7.09. The van der Waals surface area contributed by atoms with Crippen LogP contribution in [0.25, 0.3) is 5.82 Å². The van der Waals surface area contributed by atoms with Crippen LogP contribution < -0.4 is 10.6 Å². The molecule has 1 saturated heterocycles. The van der Waals surface area contributed by atoms with Gasteiger partial charge in [0.2, 0.25) is 5.91 Å². The van der Waals surface area contributed by atoms with Crippen LogP contribution >= 0.6 is 0 Å². The summed E-state index contributed by atoms with van der Waals surface area (Å²) in [5.41, 5.74) is 0.358. The van der Waals surface area contributed by atoms with Gasteiger partial charge in [-0.2, -0.15) is 5.10 Å². The van der Waals surface area contributed by atoms with E-state index in [1.807, 2.05) is 35.2 Å². The molecule has 0 aromatic carbocycles. The molecule has 1 fully saturated rings. The highest BCUT2D eigenvalue weighted by Gasteiger charge is 2.41. The summed E-state index contributed by atoms with van der Waals surface area (Å²) in [5, 5.41) is 10.7. The number of carbonyl (C=O) groups is 1. The third-order valence-corrected chi connectivity index (χ3v) is 4.83. The predicted octanol–water partition coefficient (Wildman–Crippen LogP) is 0.859. The van der Waals surface area contributed by atoms with E-state index in [0.717, 1.165) is 37.3 Å². The Balaban J connectivity index is 1.50. The molecule has 1 aliphatic heterocycles. The van der Waals surface area contributed by atoms with Crippen molar-refractivity contribution in [2.24, 2.45) is 0 Å². The van der Waals surface area contributed by atoms with Gasteiger partial charge in [-0.05, 0) is 49.7 Å². The van der Waals surface area contributed by atoms with Crippen LogP contribution in [0.3, 0.4) is 0 Å². The maximum Gasteiger partial charge on any atom is 0.248 e. The third kappa shape index (κ3) is 3.11. The maximum atomic E-state index is 13.1. The van der Waals surface area contributed by atoms with Crippen molar-refractivity contribution in [2.75, 3.05) is 13.1 Å². The van der Waals surface area contributed by atoms with Gasteiger partial charge in [-0.25, -0.2) is 9.97 Å². The minimum atomic E-state index is -0.630. The molecule has 0 saturated carbocycles. The Labute approximate surface area is 151 Å². The quantitative estimate of drug-likeness (QED) is 0.712. The zero-order valence-corrected chi connectivity index (χ0v) is 14.4. The van der Waals surface area contributed by atoms with Gasteiger partial charge in [-0.3, -0.25) is 14.0 Å². The third-order valence-electron chi connectivity index (χ3n) is 4.83. The molecule has 4 heterocycles. The van der Waals surface area contributed by atoms with E-state index < -0.39 is 5.54 Å². The number of nitrogens with one attached hydrogen (secondary N) is 2. The van der Waals surface area contributed by atoms with E-state index in [4.69, 9.17) is 0 Å². The number of pyridine rings is 1. The van der Waals surface area contributed by atoms with Crippen LogP contribution in [0.5, 0.6) is 0 Å². The molecule has 1 aliphatic rings. The molecule has 0 spiro atoms. The van der Waals surface area contributed by atoms with Crippen molar-refractivity contribution in [3.63, 3.8) is 0 Å². The molecular formula is C18H21N7O. The average molecular weight is 351 g/mol. The number of nitrogens with zero attached hydrogens (tertiary/aromatic N) is 5. The Morgan fingerprint density at radius 2 is 2.12 bits per heavy atom. The normalized spacial score (nSPS) is 16.3. The number of hydrogen-bond donors (Lipinski definition) is 2. The Kier molecular flexibility index (Phi) is 4.49. The van der Waals surface area contributed by atoms with Crippen molar-refractivity contribution in [2.45, 2.75) is 24.9 Å². The molecule has 0 aliphatic carbocycles. The van der Waals surface area contributed by atoms with Crippen LogP contribution in [0.15, 0.2) is 55.5 Å². The van der Waals surface area contributed by atoms with E-state index in [0.29, 0.717) is 6.54 Å². The lowest BCUT2D eigenvalue weighted by Gasteiger charge is -2.36. The van der Waals surface area contributed by atoms with Crippen LogP contribution in [0.2, 0.25) is 0 Å². The lowest BCUT2D eigenvalue weighted by Crippen LogP contribution is -2.54. The van der Waals surface area contributed by atoms with Gasteiger partial charge in [-0.1, -0.05) is 0 Å². The molecule has 2 N–H and O–H groups in total. The molecule has 0 radical (unpaired) electrons. The van der Waals surface area contributed by atoms with Crippen LogP contribution in [0.4, 0.5) is 0 Å². The first-order valence-electron chi connectivity index (χ1n) is 8.70. The molecule has 1 amide bonds. The number of amides is 1. The lowest BCUT2D eigenvalue weighted by molar-refractivity contribution is -0.132. The van der Waals surface area contributed by atoms with Crippen molar-refractivity contribution in [3.05, 3.63) is 61.1 Å². The number of carbonyl (C=O) groups excluding carboxylic acids is 1. The average Bonchev–Trinajstić information content (AvgIpc) is 3.41. The van der Waals surface area contributed by atoms with Crippen LogP contribution in [-0.2, 0) is 16.9 Å². The van der Waals surface area contributed by atoms with Crippen LogP contribution in [-0.4, -0.2) is 43.3 Å². The SMILES string of the molecule is O=C(NCc1ccnc(-n2ccnc2)c1)C1(n2cccn2)CCNCC1. The number of aromatic nitrogens is 5. The molecule has 3 aromatic heterocycles. The highest BCUT2D eigenvalue weighted by atomic mass is 16.2. The Bertz CT molecular complexity index is 852. The van der Waals surface area contributed by atoms with Gasteiger partial charge in [-0.15, -0.1) is 0 Å². The molecule has 8 nitrogen and oxygen atoms in total. The standard InChI is InChI=1S/C18H21N7O/c26-17(18(3-7-19-8-4-18)25-10-1-5-23-25)22-13-15-2-6-21-16(12-15)24-11-9-20-14-24/h1-2,5-6,9-12,14,19H,3-4,7-8,13H2,(H,22,26). The lowest BCUT2D eigenvalue weighted by atomic mass is 9.87. The van der Waals surface area contributed by atoms with Gasteiger partial charge in [0.25, 0.3) is 0 Å². The minimum Gasteiger partial charge on any atom is -0.350 e. The Morgan fingerprint density at radius 3 is 2.85 bits per heavy atom. The number of imidazole rings is 1. The molecule has 4 rings (SSSR count). The van der Waals surface area contributed by atoms with Gasteiger partial charge in [0, 0.05) is 37.5 Å². The fourth-order valence-electron chi connectivity index (χ4n) is 3.38. The van der Waals surface area contributed by atoms with Crippen molar-refractivity contribution in [1.82, 2.24) is 34.9 Å². The summed E-state index contributed by atoms with van der Waals surface area (Å²) in [4.78, 5) is 21.5. The van der Waals surface area contributed by atoms with Crippen LogP contribution in [0.1, 0.15) is 18.4 Å². The van der Waals surface area contributed by atoms with E-state index >= 15 is 0 Å².